The van der Waals surface area contributed by atoms with Crippen molar-refractivity contribution in [2.75, 3.05) is 0 Å². The lowest BCUT2D eigenvalue weighted by Gasteiger charge is -2.12. The number of rotatable bonds is 6. The second kappa shape index (κ2) is 6.96. The van der Waals surface area contributed by atoms with Gasteiger partial charge < -0.3 is 10.3 Å². The fraction of sp³-hybridized carbons (Fsp3) is 0.375. The first-order chi connectivity index (χ1) is 11.6. The minimum absolute atomic E-state index is 0.127. The molecule has 0 spiro atoms. The van der Waals surface area contributed by atoms with Gasteiger partial charge in [0.15, 0.2) is 4.77 Å². The van der Waals surface area contributed by atoms with Crippen LogP contribution in [0.15, 0.2) is 24.3 Å². The summed E-state index contributed by atoms with van der Waals surface area (Å²) < 4.78 is 2.20. The zero-order valence-corrected chi connectivity index (χ0v) is 14.5. The van der Waals surface area contributed by atoms with Crippen LogP contribution in [0.4, 0.5) is 0 Å². The van der Waals surface area contributed by atoms with E-state index in [1.807, 2.05) is 31.2 Å². The Balaban J connectivity index is 1.70. The Labute approximate surface area is 144 Å². The highest BCUT2D eigenvalue weighted by Crippen LogP contribution is 2.15. The molecule has 3 rings (SSSR count). The van der Waals surface area contributed by atoms with Crippen molar-refractivity contribution in [3.8, 4) is 0 Å². The Bertz CT molecular complexity index is 876. The molecule has 0 saturated carbocycles. The van der Waals surface area contributed by atoms with Gasteiger partial charge in [-0.05, 0) is 37.7 Å². The second-order valence-electron chi connectivity index (χ2n) is 5.71. The van der Waals surface area contributed by atoms with Gasteiger partial charge in [-0.25, -0.2) is 4.98 Å². The average molecular weight is 344 g/mol. The smallest absolute Gasteiger partial charge is 0.240 e. The number of amides is 1. The number of benzene rings is 1. The summed E-state index contributed by atoms with van der Waals surface area (Å²) in [6, 6.07) is 7.56. The van der Waals surface area contributed by atoms with Gasteiger partial charge in [-0.3, -0.25) is 14.5 Å². The number of aromatic amines is 2. The van der Waals surface area contributed by atoms with Gasteiger partial charge in [0.1, 0.15) is 18.2 Å². The molecule has 2 aromatic heterocycles. The van der Waals surface area contributed by atoms with E-state index in [9.17, 15) is 4.79 Å². The van der Waals surface area contributed by atoms with E-state index in [1.54, 1.807) is 4.57 Å². The number of carbonyl (C=O) groups is 1. The molecule has 1 amide bonds. The molecule has 126 valence electrons. The Morgan fingerprint density at radius 2 is 2.21 bits per heavy atom. The van der Waals surface area contributed by atoms with Crippen molar-refractivity contribution in [1.29, 1.82) is 0 Å². The Kier molecular flexibility index (Phi) is 4.75. The van der Waals surface area contributed by atoms with Crippen molar-refractivity contribution < 1.29 is 4.79 Å². The van der Waals surface area contributed by atoms with Gasteiger partial charge in [-0.2, -0.15) is 5.10 Å². The number of imidazole rings is 1. The number of nitrogens with zero attached hydrogens (tertiary/aromatic N) is 3. The lowest BCUT2D eigenvalue weighted by molar-refractivity contribution is -0.122. The van der Waals surface area contributed by atoms with Crippen molar-refractivity contribution in [2.24, 2.45) is 0 Å². The summed E-state index contributed by atoms with van der Waals surface area (Å²) in [5, 5.41) is 9.87. The van der Waals surface area contributed by atoms with Crippen LogP contribution in [0.3, 0.4) is 0 Å². The molecule has 0 radical (unpaired) electrons. The molecule has 7 nitrogen and oxygen atoms in total. The fourth-order valence-electron chi connectivity index (χ4n) is 2.60. The third-order valence-corrected chi connectivity index (χ3v) is 4.12. The van der Waals surface area contributed by atoms with Gasteiger partial charge in [0.05, 0.1) is 17.1 Å². The third kappa shape index (κ3) is 3.38. The minimum atomic E-state index is -0.222. The Morgan fingerprint density at radius 3 is 2.96 bits per heavy atom. The predicted molar refractivity (Wildman–Crippen MR) is 94.1 cm³/mol. The van der Waals surface area contributed by atoms with E-state index in [1.165, 1.54) is 0 Å². The second-order valence-corrected chi connectivity index (χ2v) is 6.10. The van der Waals surface area contributed by atoms with E-state index >= 15 is 0 Å². The van der Waals surface area contributed by atoms with Crippen LogP contribution in [0, 0.1) is 4.77 Å². The Morgan fingerprint density at radius 1 is 1.42 bits per heavy atom. The summed E-state index contributed by atoms with van der Waals surface area (Å²) >= 11 is 5.20. The zero-order chi connectivity index (χ0) is 17.1. The molecule has 1 atom stereocenters. The first-order valence-corrected chi connectivity index (χ1v) is 8.37. The molecule has 3 aromatic rings. The standard InChI is InChI=1S/C16H20N6OS/c1-3-6-13-20-21-16(24)22(13)9-14(23)17-10(2)15-18-11-7-4-5-8-12(11)19-15/h4-5,7-8,10H,3,6,9H2,1-2H3,(H,17,23)(H,18,19)(H,21,24). The molecule has 0 saturated heterocycles. The summed E-state index contributed by atoms with van der Waals surface area (Å²) in [5.41, 5.74) is 1.84. The van der Waals surface area contributed by atoms with E-state index < -0.39 is 0 Å². The van der Waals surface area contributed by atoms with E-state index in [0.717, 1.165) is 35.5 Å². The van der Waals surface area contributed by atoms with E-state index in [2.05, 4.69) is 32.4 Å². The van der Waals surface area contributed by atoms with Gasteiger partial charge in [0.2, 0.25) is 5.91 Å². The number of aromatic nitrogens is 5. The maximum absolute atomic E-state index is 12.4. The number of hydrogen-bond acceptors (Lipinski definition) is 4. The number of H-pyrrole nitrogens is 2. The minimum Gasteiger partial charge on any atom is -0.345 e. The molecule has 2 heterocycles. The van der Waals surface area contributed by atoms with Gasteiger partial charge >= 0.3 is 0 Å². The molecule has 8 heteroatoms. The van der Waals surface area contributed by atoms with Crippen LogP contribution < -0.4 is 5.32 Å². The quantitative estimate of drug-likeness (QED) is 0.600. The van der Waals surface area contributed by atoms with E-state index in [0.29, 0.717) is 4.77 Å². The number of carbonyl (C=O) groups excluding carboxylic acids is 1. The average Bonchev–Trinajstić information content (AvgIpc) is 3.13. The highest BCUT2D eigenvalue weighted by atomic mass is 32.1. The lowest BCUT2D eigenvalue weighted by Crippen LogP contribution is -2.31. The van der Waals surface area contributed by atoms with Crippen LogP contribution in [-0.4, -0.2) is 30.6 Å². The molecular weight excluding hydrogens is 324 g/mol. The molecule has 0 bridgehead atoms. The van der Waals surface area contributed by atoms with E-state index in [-0.39, 0.29) is 18.5 Å². The van der Waals surface area contributed by atoms with Gasteiger partial charge in [-0.1, -0.05) is 19.1 Å². The molecule has 0 fully saturated rings. The number of fused-ring (bicyclic) bond motifs is 1. The summed E-state index contributed by atoms with van der Waals surface area (Å²) in [6.45, 7) is 4.11. The molecule has 1 unspecified atom stereocenters. The summed E-state index contributed by atoms with van der Waals surface area (Å²) in [5.74, 6) is 1.40. The first-order valence-electron chi connectivity index (χ1n) is 7.96. The highest BCUT2D eigenvalue weighted by molar-refractivity contribution is 7.71. The topological polar surface area (TPSA) is 91.4 Å². The fourth-order valence-corrected chi connectivity index (χ4v) is 2.82. The Hall–Kier alpha value is -2.48. The van der Waals surface area contributed by atoms with Crippen LogP contribution in [-0.2, 0) is 17.8 Å². The number of hydrogen-bond donors (Lipinski definition) is 3. The van der Waals surface area contributed by atoms with Crippen molar-refractivity contribution in [1.82, 2.24) is 30.0 Å². The maximum Gasteiger partial charge on any atom is 0.240 e. The van der Waals surface area contributed by atoms with Crippen molar-refractivity contribution in [3.63, 3.8) is 0 Å². The summed E-state index contributed by atoms with van der Waals surface area (Å²) in [6.07, 6.45) is 1.72. The van der Waals surface area contributed by atoms with Gasteiger partial charge in [0, 0.05) is 6.42 Å². The normalized spacial score (nSPS) is 12.4. The lowest BCUT2D eigenvalue weighted by atomic mass is 10.3. The number of nitrogens with one attached hydrogen (secondary N) is 3. The zero-order valence-electron chi connectivity index (χ0n) is 13.7. The number of para-hydroxylation sites is 2. The maximum atomic E-state index is 12.4. The summed E-state index contributed by atoms with van der Waals surface area (Å²) in [7, 11) is 0. The van der Waals surface area contributed by atoms with Gasteiger partial charge in [-0.15, -0.1) is 0 Å². The molecule has 24 heavy (non-hydrogen) atoms. The van der Waals surface area contributed by atoms with Crippen LogP contribution in [0.5, 0.6) is 0 Å². The predicted octanol–water partition coefficient (Wildman–Crippen LogP) is 2.65. The van der Waals surface area contributed by atoms with Crippen molar-refractivity contribution >= 4 is 29.2 Å². The van der Waals surface area contributed by atoms with Crippen LogP contribution in [0.25, 0.3) is 11.0 Å². The van der Waals surface area contributed by atoms with Crippen molar-refractivity contribution in [3.05, 3.63) is 40.7 Å². The summed E-state index contributed by atoms with van der Waals surface area (Å²) in [4.78, 5) is 20.1. The molecular formula is C16H20N6OS. The highest BCUT2D eigenvalue weighted by Gasteiger charge is 2.15. The molecule has 0 aliphatic carbocycles. The molecule has 3 N–H and O–H groups in total. The monoisotopic (exact) mass is 344 g/mol. The van der Waals surface area contributed by atoms with Gasteiger partial charge in [0.25, 0.3) is 0 Å². The van der Waals surface area contributed by atoms with Crippen molar-refractivity contribution in [2.45, 2.75) is 39.3 Å². The number of aryl methyl sites for hydroxylation is 1. The van der Waals surface area contributed by atoms with Crippen LogP contribution in [0.2, 0.25) is 0 Å². The SMILES string of the molecule is CCCc1n[nH]c(=S)n1CC(=O)NC(C)c1nc2ccccc2[nH]1. The largest absolute Gasteiger partial charge is 0.345 e. The van der Waals surface area contributed by atoms with E-state index in [4.69, 9.17) is 12.2 Å². The molecule has 0 aliphatic rings. The third-order valence-electron chi connectivity index (χ3n) is 3.81. The van der Waals surface area contributed by atoms with Crippen LogP contribution in [0.1, 0.15) is 38.0 Å². The van der Waals surface area contributed by atoms with Crippen LogP contribution >= 0.6 is 12.2 Å². The molecule has 1 aromatic carbocycles. The first kappa shape index (κ1) is 16.4. The molecule has 0 aliphatic heterocycles.